The number of pyridine rings is 1. The molecule has 202 valence electrons. The molecule has 0 amide bonds. The number of aryl methyl sites for hydroxylation is 1. The van der Waals surface area contributed by atoms with Crippen LogP contribution in [0.2, 0.25) is 0 Å². The molecule has 3 atom stereocenters. The second-order valence-corrected chi connectivity index (χ2v) is 9.34. The Morgan fingerprint density at radius 3 is 2.45 bits per heavy atom. The molecule has 0 radical (unpaired) electrons. The fourth-order valence-electron chi connectivity index (χ4n) is 5.07. The SMILES string of the molecule is CC[C@H]1CN(C(C)c2ccc(OC(F)(F)F)c(F)c2)[C@H](CC)CN1c1nc(=O)n(C)c2ccc(C#N)nc12. The first kappa shape index (κ1) is 27.3. The van der Waals surface area contributed by atoms with Gasteiger partial charge in [0.15, 0.2) is 17.4 Å². The Bertz CT molecular complexity index is 1430. The molecule has 3 aromatic rings. The van der Waals surface area contributed by atoms with E-state index in [-0.39, 0.29) is 23.8 Å². The molecule has 0 spiro atoms. The number of rotatable bonds is 6. The van der Waals surface area contributed by atoms with E-state index in [4.69, 9.17) is 0 Å². The minimum absolute atomic E-state index is 0.0398. The molecule has 8 nitrogen and oxygen atoms in total. The molecule has 0 saturated carbocycles. The Hall–Kier alpha value is -3.72. The summed E-state index contributed by atoms with van der Waals surface area (Å²) >= 11 is 0. The second kappa shape index (κ2) is 10.6. The van der Waals surface area contributed by atoms with Crippen molar-refractivity contribution < 1.29 is 22.3 Å². The molecule has 1 aromatic carbocycles. The van der Waals surface area contributed by atoms with Gasteiger partial charge in [-0.3, -0.25) is 9.47 Å². The topological polar surface area (TPSA) is 87.3 Å². The Labute approximate surface area is 217 Å². The lowest BCUT2D eigenvalue weighted by atomic mass is 9.97. The van der Waals surface area contributed by atoms with Crippen LogP contribution in [0.25, 0.3) is 11.0 Å². The van der Waals surface area contributed by atoms with Gasteiger partial charge in [0.05, 0.1) is 5.52 Å². The number of aromatic nitrogens is 3. The van der Waals surface area contributed by atoms with Gasteiger partial charge in [0, 0.05) is 38.3 Å². The maximum atomic E-state index is 14.5. The molecule has 2 aromatic heterocycles. The molecule has 1 aliphatic heterocycles. The van der Waals surface area contributed by atoms with Crippen LogP contribution >= 0.6 is 0 Å². The molecule has 38 heavy (non-hydrogen) atoms. The van der Waals surface area contributed by atoms with Crippen molar-refractivity contribution in [1.82, 2.24) is 19.4 Å². The highest BCUT2D eigenvalue weighted by atomic mass is 19.4. The van der Waals surface area contributed by atoms with Crippen molar-refractivity contribution in [1.29, 1.82) is 5.26 Å². The quantitative estimate of drug-likeness (QED) is 0.426. The molecule has 12 heteroatoms. The number of halogens is 4. The van der Waals surface area contributed by atoms with Crippen LogP contribution in [0, 0.1) is 17.1 Å². The second-order valence-electron chi connectivity index (χ2n) is 9.34. The minimum Gasteiger partial charge on any atom is -0.403 e. The van der Waals surface area contributed by atoms with Crippen LogP contribution < -0.4 is 15.3 Å². The predicted octanol–water partition coefficient (Wildman–Crippen LogP) is 4.68. The normalized spacial score (nSPS) is 19.4. The van der Waals surface area contributed by atoms with Crippen LogP contribution in [0.15, 0.2) is 35.1 Å². The van der Waals surface area contributed by atoms with E-state index in [2.05, 4.69) is 24.5 Å². The number of hydrogen-bond acceptors (Lipinski definition) is 7. The highest BCUT2D eigenvalue weighted by Crippen LogP contribution is 2.35. The fourth-order valence-corrected chi connectivity index (χ4v) is 5.07. The summed E-state index contributed by atoms with van der Waals surface area (Å²) in [6.07, 6.45) is -3.57. The largest absolute Gasteiger partial charge is 0.573 e. The van der Waals surface area contributed by atoms with Crippen molar-refractivity contribution in [2.75, 3.05) is 18.0 Å². The summed E-state index contributed by atoms with van der Waals surface area (Å²) in [4.78, 5) is 25.7. The summed E-state index contributed by atoms with van der Waals surface area (Å²) < 4.78 is 57.3. The Morgan fingerprint density at radius 2 is 1.84 bits per heavy atom. The molecule has 0 aliphatic carbocycles. The monoisotopic (exact) mass is 532 g/mol. The van der Waals surface area contributed by atoms with Crippen LogP contribution in [0.5, 0.6) is 5.75 Å². The number of piperazine rings is 1. The van der Waals surface area contributed by atoms with E-state index < -0.39 is 23.6 Å². The van der Waals surface area contributed by atoms with Crippen LogP contribution in [0.1, 0.15) is 50.9 Å². The van der Waals surface area contributed by atoms with E-state index in [0.717, 1.165) is 12.1 Å². The lowest BCUT2D eigenvalue weighted by Crippen LogP contribution is -2.59. The number of fused-ring (bicyclic) bond motifs is 1. The van der Waals surface area contributed by atoms with Gasteiger partial charge >= 0.3 is 12.1 Å². The van der Waals surface area contributed by atoms with E-state index >= 15 is 0 Å². The van der Waals surface area contributed by atoms with Gasteiger partial charge in [-0.05, 0) is 49.6 Å². The number of benzene rings is 1. The van der Waals surface area contributed by atoms with Crippen LogP contribution in [0.4, 0.5) is 23.4 Å². The third-order valence-corrected chi connectivity index (χ3v) is 7.16. The smallest absolute Gasteiger partial charge is 0.403 e. The summed E-state index contributed by atoms with van der Waals surface area (Å²) in [5.74, 6) is -1.54. The van der Waals surface area contributed by atoms with Crippen LogP contribution in [-0.2, 0) is 7.05 Å². The fraction of sp³-hybridized carbons (Fsp3) is 0.462. The summed E-state index contributed by atoms with van der Waals surface area (Å²) in [7, 11) is 1.60. The molecule has 1 fully saturated rings. The van der Waals surface area contributed by atoms with Gasteiger partial charge in [-0.1, -0.05) is 19.9 Å². The van der Waals surface area contributed by atoms with Gasteiger partial charge in [-0.2, -0.15) is 10.2 Å². The number of anilines is 1. The van der Waals surface area contributed by atoms with Crippen molar-refractivity contribution in [2.24, 2.45) is 7.05 Å². The van der Waals surface area contributed by atoms with Crippen LogP contribution in [0.3, 0.4) is 0 Å². The number of nitrogens with zero attached hydrogens (tertiary/aromatic N) is 6. The number of ether oxygens (including phenoxy) is 1. The summed E-state index contributed by atoms with van der Waals surface area (Å²) in [6, 6.07) is 8.36. The van der Waals surface area contributed by atoms with Crippen LogP contribution in [-0.4, -0.2) is 51.0 Å². The average molecular weight is 533 g/mol. The summed E-state index contributed by atoms with van der Waals surface area (Å²) in [5.41, 5.74) is 1.33. The third kappa shape index (κ3) is 5.29. The highest BCUT2D eigenvalue weighted by Gasteiger charge is 2.37. The number of nitriles is 1. The number of alkyl halides is 3. The molecular weight excluding hydrogens is 504 g/mol. The van der Waals surface area contributed by atoms with E-state index in [1.54, 1.807) is 19.2 Å². The lowest BCUT2D eigenvalue weighted by Gasteiger charge is -2.49. The predicted molar refractivity (Wildman–Crippen MR) is 133 cm³/mol. The van der Waals surface area contributed by atoms with Gasteiger partial charge < -0.3 is 9.64 Å². The molecule has 1 aliphatic rings. The zero-order valence-corrected chi connectivity index (χ0v) is 21.5. The van der Waals surface area contributed by atoms with E-state index in [9.17, 15) is 27.6 Å². The Morgan fingerprint density at radius 1 is 1.13 bits per heavy atom. The van der Waals surface area contributed by atoms with Gasteiger partial charge in [-0.15, -0.1) is 13.2 Å². The van der Waals surface area contributed by atoms with Crippen molar-refractivity contribution in [3.8, 4) is 11.8 Å². The van der Waals surface area contributed by atoms with Crippen molar-refractivity contribution >= 4 is 16.9 Å². The molecule has 3 heterocycles. The molecule has 0 N–H and O–H groups in total. The maximum absolute atomic E-state index is 14.5. The first-order valence-corrected chi connectivity index (χ1v) is 12.3. The standard InChI is InChI=1S/C26H28F4N6O2/c1-5-18-14-36(24-23-21(34(4)25(37)33-24)9-8-17(12-31)32-23)19(6-2)13-35(18)15(3)16-7-10-22(20(27)11-16)38-26(28,29)30/h7-11,15,18-19H,5-6,13-14H2,1-4H3/t15?,18-,19+/m1/s1. The highest BCUT2D eigenvalue weighted by molar-refractivity contribution is 5.86. The van der Waals surface area contributed by atoms with Crippen molar-refractivity contribution in [2.45, 2.75) is 58.1 Å². The molecule has 4 rings (SSSR count). The first-order valence-electron chi connectivity index (χ1n) is 12.3. The van der Waals surface area contributed by atoms with E-state index in [1.807, 2.05) is 26.8 Å². The zero-order valence-electron chi connectivity index (χ0n) is 21.5. The number of hydrogen-bond donors (Lipinski definition) is 0. The van der Waals surface area contributed by atoms with Gasteiger partial charge in [0.2, 0.25) is 0 Å². The minimum atomic E-state index is -4.98. The summed E-state index contributed by atoms with van der Waals surface area (Å²) in [5, 5.41) is 9.38. The average Bonchev–Trinajstić information content (AvgIpc) is 2.89. The van der Waals surface area contributed by atoms with Gasteiger partial charge in [0.25, 0.3) is 0 Å². The van der Waals surface area contributed by atoms with E-state index in [1.165, 1.54) is 10.6 Å². The molecule has 0 bridgehead atoms. The Kier molecular flexibility index (Phi) is 7.60. The van der Waals surface area contributed by atoms with Gasteiger partial charge in [-0.25, -0.2) is 14.2 Å². The van der Waals surface area contributed by atoms with Crippen molar-refractivity contribution in [3.63, 3.8) is 0 Å². The Balaban J connectivity index is 1.69. The molecular formula is C26H28F4N6O2. The molecule has 1 saturated heterocycles. The lowest BCUT2D eigenvalue weighted by molar-refractivity contribution is -0.275. The van der Waals surface area contributed by atoms with Gasteiger partial charge in [0.1, 0.15) is 17.3 Å². The zero-order chi connectivity index (χ0) is 27.8. The van der Waals surface area contributed by atoms with Crippen molar-refractivity contribution in [3.05, 3.63) is 57.9 Å². The molecule has 1 unspecified atom stereocenters. The third-order valence-electron chi connectivity index (χ3n) is 7.16. The van der Waals surface area contributed by atoms with E-state index in [0.29, 0.717) is 48.3 Å². The summed E-state index contributed by atoms with van der Waals surface area (Å²) in [6.45, 7) is 6.93. The maximum Gasteiger partial charge on any atom is 0.573 e. The first-order chi connectivity index (χ1) is 18.0.